The predicted molar refractivity (Wildman–Crippen MR) is 124 cm³/mol. The first-order valence-corrected chi connectivity index (χ1v) is 11.2. The van der Waals surface area contributed by atoms with Crippen molar-refractivity contribution in [1.29, 1.82) is 5.41 Å². The maximum absolute atomic E-state index is 13.2. The molecule has 0 bridgehead atoms. The molecule has 2 aromatic heterocycles. The van der Waals surface area contributed by atoms with Crippen LogP contribution in [0.15, 0.2) is 18.2 Å². The van der Waals surface area contributed by atoms with E-state index in [0.717, 1.165) is 16.7 Å². The van der Waals surface area contributed by atoms with Gasteiger partial charge < -0.3 is 14.6 Å². The van der Waals surface area contributed by atoms with Crippen molar-refractivity contribution in [3.63, 3.8) is 0 Å². The lowest BCUT2D eigenvalue weighted by atomic mass is 9.85. The van der Waals surface area contributed by atoms with Crippen molar-refractivity contribution >= 4 is 11.4 Å². The van der Waals surface area contributed by atoms with Crippen LogP contribution in [0, 0.1) is 12.3 Å². The minimum Gasteiger partial charge on any atom is -0.491 e. The van der Waals surface area contributed by atoms with Crippen molar-refractivity contribution in [1.82, 2.24) is 19.4 Å². The molecule has 2 N–H and O–H groups in total. The number of aromatic nitrogens is 4. The van der Waals surface area contributed by atoms with Gasteiger partial charge in [-0.25, -0.2) is 4.68 Å². The van der Waals surface area contributed by atoms with Crippen LogP contribution in [0.1, 0.15) is 61.7 Å². The largest absolute Gasteiger partial charge is 0.491 e. The lowest BCUT2D eigenvalue weighted by Crippen LogP contribution is -2.26. The van der Waals surface area contributed by atoms with E-state index in [1.54, 1.807) is 6.07 Å². The number of hydrogen-bond acceptors (Lipinski definition) is 7. The molecule has 0 saturated carbocycles. The van der Waals surface area contributed by atoms with E-state index in [9.17, 15) is 4.79 Å². The van der Waals surface area contributed by atoms with Gasteiger partial charge in [0.2, 0.25) is 11.5 Å². The fraction of sp³-hybridized carbons (Fsp3) is 0.500. The third-order valence-electron chi connectivity index (χ3n) is 5.48. The van der Waals surface area contributed by atoms with Crippen molar-refractivity contribution in [3.8, 4) is 11.6 Å². The highest BCUT2D eigenvalue weighted by Crippen LogP contribution is 2.28. The topological polar surface area (TPSA) is 115 Å². The van der Waals surface area contributed by atoms with Gasteiger partial charge in [0.1, 0.15) is 18.9 Å². The first kappa shape index (κ1) is 24.4. The molecule has 0 aliphatic carbocycles. The van der Waals surface area contributed by atoms with Crippen LogP contribution in [-0.4, -0.2) is 50.1 Å². The number of aliphatic hydroxyl groups is 1. The number of aryl methyl sites for hydroxylation is 1. The van der Waals surface area contributed by atoms with E-state index in [4.69, 9.17) is 20.0 Å². The Morgan fingerprint density at radius 2 is 1.88 bits per heavy atom. The van der Waals surface area contributed by atoms with Gasteiger partial charge >= 0.3 is 0 Å². The number of ether oxygens (including phenoxy) is 2. The van der Waals surface area contributed by atoms with Crippen molar-refractivity contribution in [2.24, 2.45) is 0 Å². The highest BCUT2D eigenvalue weighted by atomic mass is 16.5. The first-order valence-electron chi connectivity index (χ1n) is 11.2. The van der Waals surface area contributed by atoms with Crippen LogP contribution in [0.3, 0.4) is 0 Å². The second kappa shape index (κ2) is 9.74. The number of fused-ring (bicyclic) bond motifs is 1. The fourth-order valence-corrected chi connectivity index (χ4v) is 3.63. The number of aliphatic hydroxyl groups excluding tert-OH is 1. The smallest absolute Gasteiger partial charge is 0.242 e. The van der Waals surface area contributed by atoms with E-state index in [0.29, 0.717) is 35.9 Å². The maximum Gasteiger partial charge on any atom is 0.242 e. The summed E-state index contributed by atoms with van der Waals surface area (Å²) < 4.78 is 14.0. The number of ketones is 1. The number of Topliss-reactive ketones (excluding diaryl/α,β-unsaturated/α-hetero) is 1. The van der Waals surface area contributed by atoms with E-state index < -0.39 is 0 Å². The molecule has 0 atom stereocenters. The normalized spacial score (nSPS) is 11.7. The van der Waals surface area contributed by atoms with Gasteiger partial charge in [-0.15, -0.1) is 10.2 Å². The number of carbonyl (C=O) groups is 1. The number of rotatable bonds is 9. The molecule has 2 heterocycles. The van der Waals surface area contributed by atoms with Crippen LogP contribution < -0.4 is 15.1 Å². The third-order valence-corrected chi connectivity index (χ3v) is 5.48. The molecule has 0 unspecified atom stereocenters. The number of carbonyl (C=O) groups excluding carboxylic acids is 1. The highest BCUT2D eigenvalue weighted by molar-refractivity contribution is 5.96. The quantitative estimate of drug-likeness (QED) is 0.480. The number of hydrogen-bond donors (Lipinski definition) is 2. The minimum atomic E-state index is -0.198. The zero-order valence-corrected chi connectivity index (χ0v) is 20.2. The van der Waals surface area contributed by atoms with Gasteiger partial charge in [-0.05, 0) is 49.4 Å². The van der Waals surface area contributed by atoms with Gasteiger partial charge in [-0.3, -0.25) is 10.2 Å². The van der Waals surface area contributed by atoms with E-state index in [-0.39, 0.29) is 36.6 Å². The number of benzene rings is 1. The lowest BCUT2D eigenvalue weighted by molar-refractivity contribution is 0.0965. The zero-order chi connectivity index (χ0) is 24.3. The van der Waals surface area contributed by atoms with Crippen LogP contribution in [-0.2, 0) is 18.4 Å². The Morgan fingerprint density at radius 3 is 2.48 bits per heavy atom. The van der Waals surface area contributed by atoms with Crippen LogP contribution in [0.4, 0.5) is 0 Å². The van der Waals surface area contributed by atoms with Crippen LogP contribution in [0.2, 0.25) is 0 Å². The van der Waals surface area contributed by atoms with E-state index in [1.165, 1.54) is 9.20 Å². The van der Waals surface area contributed by atoms with Crippen LogP contribution >= 0.6 is 0 Å². The monoisotopic (exact) mass is 455 g/mol. The standard InChI is InChI=1S/C24H33N5O4/c1-7-19-15(3)22(32-8-2)27-29-21(19)26-28(23(29)25)14-20(31)16-11-17(24(4,5)6)13-18(12-16)33-10-9-30/h11-13,25,30H,7-10,14H2,1-6H3. The summed E-state index contributed by atoms with van der Waals surface area (Å²) in [5.41, 5.74) is 3.58. The van der Waals surface area contributed by atoms with Crippen LogP contribution in [0.5, 0.6) is 11.6 Å². The Morgan fingerprint density at radius 1 is 1.15 bits per heavy atom. The summed E-state index contributed by atoms with van der Waals surface area (Å²) in [7, 11) is 0. The van der Waals surface area contributed by atoms with E-state index in [1.807, 2.05) is 32.9 Å². The molecule has 0 spiro atoms. The number of nitrogens with one attached hydrogen (secondary N) is 1. The average Bonchev–Trinajstić information content (AvgIpc) is 3.07. The highest BCUT2D eigenvalue weighted by Gasteiger charge is 2.21. The Hall–Kier alpha value is -3.20. The van der Waals surface area contributed by atoms with Gasteiger partial charge in [0.25, 0.3) is 0 Å². The van der Waals surface area contributed by atoms with Gasteiger partial charge in [-0.1, -0.05) is 27.7 Å². The predicted octanol–water partition coefficient (Wildman–Crippen LogP) is 2.83. The molecule has 3 aromatic rings. The SMILES string of the molecule is CCOc1nn2c(=N)n(CC(=O)c3cc(OCCO)cc(C(C)(C)C)c3)nc2c(CC)c1C. The van der Waals surface area contributed by atoms with Crippen LogP contribution in [0.25, 0.3) is 5.65 Å². The van der Waals surface area contributed by atoms with Gasteiger partial charge in [0.15, 0.2) is 11.4 Å². The summed E-state index contributed by atoms with van der Waals surface area (Å²) >= 11 is 0. The Bertz CT molecular complexity index is 1220. The first-order chi connectivity index (χ1) is 15.6. The van der Waals surface area contributed by atoms with E-state index in [2.05, 4.69) is 31.0 Å². The molecule has 9 heteroatoms. The lowest BCUT2D eigenvalue weighted by Gasteiger charge is -2.21. The summed E-state index contributed by atoms with van der Waals surface area (Å²) in [6, 6.07) is 5.40. The second-order valence-electron chi connectivity index (χ2n) is 8.90. The zero-order valence-electron chi connectivity index (χ0n) is 20.2. The van der Waals surface area contributed by atoms with Gasteiger partial charge in [-0.2, -0.15) is 4.52 Å². The molecule has 1 aromatic carbocycles. The second-order valence-corrected chi connectivity index (χ2v) is 8.90. The Balaban J connectivity index is 2.03. The molecule has 3 rings (SSSR count). The molecule has 0 aliphatic rings. The van der Waals surface area contributed by atoms with E-state index >= 15 is 0 Å². The Labute approximate surface area is 193 Å². The molecular weight excluding hydrogens is 422 g/mol. The molecule has 0 aliphatic heterocycles. The minimum absolute atomic E-state index is 0.00210. The molecule has 0 saturated heterocycles. The molecule has 0 radical (unpaired) electrons. The number of nitrogens with zero attached hydrogens (tertiary/aromatic N) is 4. The third kappa shape index (κ3) is 5.08. The van der Waals surface area contributed by atoms with Gasteiger partial charge in [0.05, 0.1) is 13.2 Å². The van der Waals surface area contributed by atoms with Crippen molar-refractivity contribution in [3.05, 3.63) is 46.1 Å². The molecule has 0 fully saturated rings. The summed E-state index contributed by atoms with van der Waals surface area (Å²) in [4.78, 5) is 13.2. The molecule has 178 valence electrons. The fourth-order valence-electron chi connectivity index (χ4n) is 3.63. The summed E-state index contributed by atoms with van der Waals surface area (Å²) in [5, 5.41) is 26.6. The summed E-state index contributed by atoms with van der Waals surface area (Å²) in [6.45, 7) is 12.4. The maximum atomic E-state index is 13.2. The Kier molecular flexibility index (Phi) is 7.22. The van der Waals surface area contributed by atoms with Crippen molar-refractivity contribution in [2.45, 2.75) is 59.9 Å². The molecule has 9 nitrogen and oxygen atoms in total. The molecule has 0 amide bonds. The summed E-state index contributed by atoms with van der Waals surface area (Å²) in [5.74, 6) is 0.796. The molecule has 33 heavy (non-hydrogen) atoms. The van der Waals surface area contributed by atoms with Crippen molar-refractivity contribution < 1.29 is 19.4 Å². The average molecular weight is 456 g/mol. The molecular formula is C24H33N5O4. The summed E-state index contributed by atoms with van der Waals surface area (Å²) in [6.07, 6.45) is 0.696. The van der Waals surface area contributed by atoms with Gasteiger partial charge in [0, 0.05) is 16.7 Å². The van der Waals surface area contributed by atoms with Crippen molar-refractivity contribution in [2.75, 3.05) is 19.8 Å².